The number of hydrogen-bond acceptors (Lipinski definition) is 5. The maximum absolute atomic E-state index is 13.1. The van der Waals surface area contributed by atoms with Gasteiger partial charge in [0.2, 0.25) is 10.0 Å². The quantitative estimate of drug-likeness (QED) is 0.609. The predicted molar refractivity (Wildman–Crippen MR) is 130 cm³/mol. The highest BCUT2D eigenvalue weighted by atomic mass is 35.5. The van der Waals surface area contributed by atoms with E-state index in [1.165, 1.54) is 6.42 Å². The van der Waals surface area contributed by atoms with Crippen molar-refractivity contribution in [1.82, 2.24) is 14.5 Å². The van der Waals surface area contributed by atoms with Gasteiger partial charge in [-0.05, 0) is 37.8 Å². The van der Waals surface area contributed by atoms with Crippen LogP contribution in [-0.4, -0.2) is 74.7 Å². The van der Waals surface area contributed by atoms with Crippen LogP contribution in [0.15, 0.2) is 18.2 Å². The number of halogens is 1. The zero-order valence-corrected chi connectivity index (χ0v) is 21.2. The topological polar surface area (TPSA) is 79.0 Å². The number of benzene rings is 1. The second kappa shape index (κ2) is 11.7. The van der Waals surface area contributed by atoms with E-state index in [1.54, 1.807) is 11.4 Å². The zero-order valence-electron chi connectivity index (χ0n) is 19.6. The number of piperazine rings is 1. The van der Waals surface area contributed by atoms with E-state index in [2.05, 4.69) is 10.2 Å². The number of nitrogens with zero attached hydrogens (tertiary/aromatic N) is 2. The van der Waals surface area contributed by atoms with E-state index >= 15 is 0 Å². The van der Waals surface area contributed by atoms with E-state index < -0.39 is 10.0 Å². The maximum atomic E-state index is 13.1. The fourth-order valence-corrected chi connectivity index (χ4v) is 6.57. The van der Waals surface area contributed by atoms with Crippen LogP contribution >= 0.6 is 12.4 Å². The van der Waals surface area contributed by atoms with Gasteiger partial charge in [0.1, 0.15) is 5.75 Å². The fourth-order valence-electron chi connectivity index (χ4n) is 5.08. The van der Waals surface area contributed by atoms with Gasteiger partial charge in [0.25, 0.3) is 5.91 Å². The van der Waals surface area contributed by atoms with Gasteiger partial charge >= 0.3 is 0 Å². The van der Waals surface area contributed by atoms with E-state index in [-0.39, 0.29) is 29.6 Å². The summed E-state index contributed by atoms with van der Waals surface area (Å²) >= 11 is 0. The zero-order chi connectivity index (χ0) is 22.5. The van der Waals surface area contributed by atoms with Crippen LogP contribution in [0.25, 0.3) is 0 Å². The van der Waals surface area contributed by atoms with Crippen LogP contribution in [-0.2, 0) is 10.0 Å². The summed E-state index contributed by atoms with van der Waals surface area (Å²) in [6, 6.07) is 5.62. The normalized spacial score (nSPS) is 19.7. The molecule has 1 aliphatic carbocycles. The Morgan fingerprint density at radius 3 is 2.38 bits per heavy atom. The largest absolute Gasteiger partial charge is 0.496 e. The summed E-state index contributed by atoms with van der Waals surface area (Å²) in [4.78, 5) is 15.5. The van der Waals surface area contributed by atoms with Crippen LogP contribution in [0.3, 0.4) is 0 Å². The maximum Gasteiger partial charge on any atom is 0.255 e. The van der Waals surface area contributed by atoms with Gasteiger partial charge in [-0.3, -0.25) is 9.69 Å². The van der Waals surface area contributed by atoms with Gasteiger partial charge in [0.15, 0.2) is 0 Å². The summed E-state index contributed by atoms with van der Waals surface area (Å²) < 4.78 is 32.0. The number of hydrogen-bond donors (Lipinski definition) is 1. The van der Waals surface area contributed by atoms with Gasteiger partial charge < -0.3 is 10.1 Å². The van der Waals surface area contributed by atoms with E-state index in [9.17, 15) is 13.2 Å². The third-order valence-electron chi connectivity index (χ3n) is 6.81. The molecule has 0 aromatic heterocycles. The third-order valence-corrected chi connectivity index (χ3v) is 8.88. The first-order valence-electron chi connectivity index (χ1n) is 11.5. The Morgan fingerprint density at radius 2 is 1.78 bits per heavy atom. The first-order valence-corrected chi connectivity index (χ1v) is 13.1. The SMILES string of the molecule is CCCS(=O)(=O)N1CCN(C2(CNC(=O)c3c(C)cccc3OC)CCCCC2)CC1.Cl. The minimum Gasteiger partial charge on any atom is -0.496 e. The Hall–Kier alpha value is -1.35. The van der Waals surface area contributed by atoms with Crippen molar-refractivity contribution >= 4 is 28.3 Å². The highest BCUT2D eigenvalue weighted by molar-refractivity contribution is 7.89. The first-order chi connectivity index (χ1) is 14.8. The molecule has 1 saturated carbocycles. The van der Waals surface area contributed by atoms with Crippen molar-refractivity contribution in [1.29, 1.82) is 0 Å². The van der Waals surface area contributed by atoms with Crippen LogP contribution in [0.5, 0.6) is 5.75 Å². The van der Waals surface area contributed by atoms with Crippen LogP contribution in [0, 0.1) is 6.92 Å². The van der Waals surface area contributed by atoms with Crippen molar-refractivity contribution in [3.8, 4) is 5.75 Å². The number of rotatable bonds is 8. The molecule has 1 aromatic rings. The summed E-state index contributed by atoms with van der Waals surface area (Å²) in [5.41, 5.74) is 1.38. The van der Waals surface area contributed by atoms with Crippen molar-refractivity contribution in [2.45, 2.75) is 57.9 Å². The molecule has 1 heterocycles. The predicted octanol–water partition coefficient (Wildman–Crippen LogP) is 3.22. The lowest BCUT2D eigenvalue weighted by atomic mass is 9.79. The van der Waals surface area contributed by atoms with Crippen LogP contribution in [0.2, 0.25) is 0 Å². The van der Waals surface area contributed by atoms with Crippen molar-refractivity contribution in [3.63, 3.8) is 0 Å². The number of ether oxygens (including phenoxy) is 1. The molecule has 0 radical (unpaired) electrons. The molecule has 0 unspecified atom stereocenters. The molecule has 1 N–H and O–H groups in total. The van der Waals surface area contributed by atoms with E-state index in [4.69, 9.17) is 4.74 Å². The average molecular weight is 488 g/mol. The van der Waals surface area contributed by atoms with Gasteiger partial charge in [-0.2, -0.15) is 4.31 Å². The molecular weight excluding hydrogens is 450 g/mol. The smallest absolute Gasteiger partial charge is 0.255 e. The van der Waals surface area contributed by atoms with Gasteiger partial charge in [-0.1, -0.05) is 38.3 Å². The Bertz CT molecular complexity index is 864. The third kappa shape index (κ3) is 5.95. The lowest BCUT2D eigenvalue weighted by Crippen LogP contribution is -2.62. The van der Waals surface area contributed by atoms with E-state index in [0.717, 1.165) is 31.2 Å². The minimum atomic E-state index is -3.16. The molecule has 0 atom stereocenters. The number of amides is 1. The number of methoxy groups -OCH3 is 1. The Labute approximate surface area is 199 Å². The van der Waals surface area contributed by atoms with Gasteiger partial charge in [-0.15, -0.1) is 12.4 Å². The molecule has 0 spiro atoms. The van der Waals surface area contributed by atoms with Gasteiger partial charge in [0.05, 0.1) is 18.4 Å². The Morgan fingerprint density at radius 1 is 1.12 bits per heavy atom. The molecule has 182 valence electrons. The number of aryl methyl sites for hydroxylation is 1. The van der Waals surface area contributed by atoms with Gasteiger partial charge in [0, 0.05) is 38.3 Å². The molecule has 9 heteroatoms. The number of sulfonamides is 1. The summed E-state index contributed by atoms with van der Waals surface area (Å²) in [6.07, 6.45) is 6.18. The number of carbonyl (C=O) groups is 1. The van der Waals surface area contributed by atoms with E-state index in [0.29, 0.717) is 50.5 Å². The summed E-state index contributed by atoms with van der Waals surface area (Å²) in [6.45, 7) is 6.89. The molecule has 2 fully saturated rings. The minimum absolute atomic E-state index is 0. The van der Waals surface area contributed by atoms with Crippen molar-refractivity contribution in [3.05, 3.63) is 29.3 Å². The molecule has 1 amide bonds. The highest BCUT2D eigenvalue weighted by Gasteiger charge is 2.41. The standard InChI is InChI=1S/C23H37N3O4S.ClH/c1-4-17-31(28,29)26-15-13-25(14-16-26)23(11-6-5-7-12-23)18-24-22(27)21-19(2)9-8-10-20(21)30-3;/h8-10H,4-7,11-18H2,1-3H3,(H,24,27);1H. The van der Waals surface area contributed by atoms with Crippen molar-refractivity contribution in [2.24, 2.45) is 0 Å². The summed E-state index contributed by atoms with van der Waals surface area (Å²) in [7, 11) is -1.57. The molecule has 1 saturated heterocycles. The fraction of sp³-hybridized carbons (Fsp3) is 0.696. The Balaban J connectivity index is 0.00000363. The average Bonchev–Trinajstić information content (AvgIpc) is 2.78. The molecule has 3 rings (SSSR count). The van der Waals surface area contributed by atoms with Gasteiger partial charge in [-0.25, -0.2) is 8.42 Å². The molecule has 2 aliphatic rings. The lowest BCUT2D eigenvalue weighted by molar-refractivity contribution is 0.0240. The second-order valence-electron chi connectivity index (χ2n) is 8.82. The first kappa shape index (κ1) is 26.9. The summed E-state index contributed by atoms with van der Waals surface area (Å²) in [5, 5.41) is 3.19. The number of nitrogens with one attached hydrogen (secondary N) is 1. The molecule has 1 aromatic carbocycles. The number of carbonyl (C=O) groups excluding carboxylic acids is 1. The summed E-state index contributed by atoms with van der Waals surface area (Å²) in [5.74, 6) is 0.695. The molecule has 0 bridgehead atoms. The van der Waals surface area contributed by atoms with Crippen LogP contribution in [0.4, 0.5) is 0 Å². The van der Waals surface area contributed by atoms with Crippen LogP contribution < -0.4 is 10.1 Å². The molecule has 1 aliphatic heterocycles. The second-order valence-corrected chi connectivity index (χ2v) is 10.9. The Kier molecular flexibility index (Phi) is 9.82. The van der Waals surface area contributed by atoms with E-state index in [1.807, 2.05) is 32.0 Å². The van der Waals surface area contributed by atoms with Crippen molar-refractivity contribution in [2.75, 3.05) is 45.6 Å². The molecule has 7 nitrogen and oxygen atoms in total. The van der Waals surface area contributed by atoms with Crippen molar-refractivity contribution < 1.29 is 17.9 Å². The molecule has 32 heavy (non-hydrogen) atoms. The van der Waals surface area contributed by atoms with Crippen LogP contribution in [0.1, 0.15) is 61.4 Å². The lowest BCUT2D eigenvalue weighted by Gasteiger charge is -2.49. The monoisotopic (exact) mass is 487 g/mol. The molecular formula is C23H38ClN3O4S. The highest BCUT2D eigenvalue weighted by Crippen LogP contribution is 2.34.